The zero-order valence-corrected chi connectivity index (χ0v) is 11.3. The van der Waals surface area contributed by atoms with Crippen molar-refractivity contribution >= 4 is 18.2 Å². The quantitative estimate of drug-likeness (QED) is 0.769. The molecule has 0 radical (unpaired) electrons. The maximum Gasteiger partial charge on any atom is 0.163 e. The van der Waals surface area contributed by atoms with Gasteiger partial charge in [-0.15, -0.1) is 0 Å². The lowest BCUT2D eigenvalue weighted by Crippen LogP contribution is -2.10. The third kappa shape index (κ3) is 2.22. The Morgan fingerprint density at radius 3 is 2.94 bits per heavy atom. The summed E-state index contributed by atoms with van der Waals surface area (Å²) in [6, 6.07) is 0. The topological polar surface area (TPSA) is 51.8 Å². The van der Waals surface area contributed by atoms with E-state index in [9.17, 15) is 0 Å². The molecule has 0 N–H and O–H groups in total. The summed E-state index contributed by atoms with van der Waals surface area (Å²) in [5.41, 5.74) is 1.65. The van der Waals surface area contributed by atoms with Gasteiger partial charge >= 0.3 is 0 Å². The second-order valence-corrected chi connectivity index (χ2v) is 4.49. The smallest absolute Gasteiger partial charge is 0.163 e. The van der Waals surface area contributed by atoms with E-state index in [4.69, 9.17) is 4.74 Å². The number of imidazole rings is 1. The van der Waals surface area contributed by atoms with Gasteiger partial charge in [0.2, 0.25) is 0 Å². The molecular formula is C13H20N4O. The average Bonchev–Trinajstić information content (AvgIpc) is 3.02. The highest BCUT2D eigenvalue weighted by Gasteiger charge is 2.27. The Morgan fingerprint density at radius 1 is 1.61 bits per heavy atom. The van der Waals surface area contributed by atoms with Crippen molar-refractivity contribution in [1.82, 2.24) is 9.55 Å². The minimum atomic E-state index is 0.0290. The van der Waals surface area contributed by atoms with Crippen LogP contribution in [0, 0.1) is 0 Å². The van der Waals surface area contributed by atoms with Gasteiger partial charge in [-0.1, -0.05) is 6.92 Å². The van der Waals surface area contributed by atoms with Crippen LogP contribution in [0.3, 0.4) is 0 Å². The van der Waals surface area contributed by atoms with E-state index in [1.807, 2.05) is 11.5 Å². The van der Waals surface area contributed by atoms with Gasteiger partial charge in [-0.05, 0) is 32.9 Å². The molecule has 0 bridgehead atoms. The van der Waals surface area contributed by atoms with Crippen molar-refractivity contribution in [3.05, 3.63) is 12.0 Å². The maximum atomic E-state index is 5.96. The van der Waals surface area contributed by atoms with Gasteiger partial charge in [0.25, 0.3) is 0 Å². The molecule has 2 atom stereocenters. The first-order valence-electron chi connectivity index (χ1n) is 6.34. The van der Waals surface area contributed by atoms with Crippen LogP contribution in [0.25, 0.3) is 0 Å². The summed E-state index contributed by atoms with van der Waals surface area (Å²) in [6.07, 6.45) is 5.28. The molecule has 0 spiro atoms. The van der Waals surface area contributed by atoms with Crippen LogP contribution in [0.15, 0.2) is 16.3 Å². The molecule has 2 heterocycles. The Kier molecular flexibility index (Phi) is 3.91. The van der Waals surface area contributed by atoms with E-state index in [0.29, 0.717) is 6.10 Å². The molecule has 0 aliphatic carbocycles. The SMILES string of the molecule is C=Nc1c(C(C)=NC)ncn1C1CCC(CC)O1. The lowest BCUT2D eigenvalue weighted by Gasteiger charge is -2.15. The van der Waals surface area contributed by atoms with Gasteiger partial charge in [-0.3, -0.25) is 9.56 Å². The van der Waals surface area contributed by atoms with E-state index in [1.165, 1.54) is 0 Å². The van der Waals surface area contributed by atoms with Crippen molar-refractivity contribution < 1.29 is 4.74 Å². The molecular weight excluding hydrogens is 228 g/mol. The van der Waals surface area contributed by atoms with Gasteiger partial charge < -0.3 is 4.74 Å². The van der Waals surface area contributed by atoms with Crippen molar-refractivity contribution in [3.8, 4) is 0 Å². The summed E-state index contributed by atoms with van der Waals surface area (Å²) in [6.45, 7) is 7.70. The number of aromatic nitrogens is 2. The van der Waals surface area contributed by atoms with Crippen LogP contribution < -0.4 is 0 Å². The fourth-order valence-corrected chi connectivity index (χ4v) is 2.27. The average molecular weight is 248 g/mol. The highest BCUT2D eigenvalue weighted by atomic mass is 16.5. The number of hydrogen-bond acceptors (Lipinski definition) is 4. The standard InChI is InChI=1S/C13H20N4O/c1-5-10-6-7-11(18-10)17-8-16-12(9(2)14-3)13(17)15-4/h8,10-11H,4-7H2,1-3H3. The normalized spacial score (nSPS) is 24.5. The number of nitrogens with zero attached hydrogens (tertiary/aromatic N) is 4. The number of aliphatic imine (C=N–C) groups is 2. The molecule has 1 saturated heterocycles. The van der Waals surface area contributed by atoms with Gasteiger partial charge in [0.15, 0.2) is 5.82 Å². The fourth-order valence-electron chi connectivity index (χ4n) is 2.27. The molecule has 1 aromatic heterocycles. The number of hydrogen-bond donors (Lipinski definition) is 0. The molecule has 1 aliphatic rings. The lowest BCUT2D eigenvalue weighted by molar-refractivity contribution is 0.00182. The van der Waals surface area contributed by atoms with Crippen LogP contribution in [0.1, 0.15) is 45.0 Å². The summed E-state index contributed by atoms with van der Waals surface area (Å²) >= 11 is 0. The van der Waals surface area contributed by atoms with E-state index in [0.717, 1.165) is 36.5 Å². The third-order valence-electron chi connectivity index (χ3n) is 3.45. The van der Waals surface area contributed by atoms with Crippen LogP contribution in [0.4, 0.5) is 5.82 Å². The van der Waals surface area contributed by atoms with Crippen molar-refractivity contribution in [1.29, 1.82) is 0 Å². The van der Waals surface area contributed by atoms with Crippen LogP contribution in [0.2, 0.25) is 0 Å². The second kappa shape index (κ2) is 5.44. The zero-order valence-electron chi connectivity index (χ0n) is 11.3. The highest BCUT2D eigenvalue weighted by Crippen LogP contribution is 2.34. The molecule has 98 valence electrons. The Morgan fingerprint density at radius 2 is 2.39 bits per heavy atom. The molecule has 0 saturated carbocycles. The van der Waals surface area contributed by atoms with Gasteiger partial charge in [0, 0.05) is 7.05 Å². The van der Waals surface area contributed by atoms with E-state index in [1.54, 1.807) is 13.4 Å². The number of ether oxygens (including phenoxy) is 1. The van der Waals surface area contributed by atoms with E-state index >= 15 is 0 Å². The van der Waals surface area contributed by atoms with Crippen LogP contribution >= 0.6 is 0 Å². The molecule has 1 aromatic rings. The van der Waals surface area contributed by atoms with E-state index in [-0.39, 0.29) is 6.23 Å². The summed E-state index contributed by atoms with van der Waals surface area (Å²) < 4.78 is 7.93. The summed E-state index contributed by atoms with van der Waals surface area (Å²) in [7, 11) is 1.75. The Hall–Kier alpha value is -1.49. The molecule has 1 fully saturated rings. The van der Waals surface area contributed by atoms with E-state index < -0.39 is 0 Å². The van der Waals surface area contributed by atoms with Gasteiger partial charge in [0.05, 0.1) is 18.1 Å². The second-order valence-electron chi connectivity index (χ2n) is 4.49. The summed E-state index contributed by atoms with van der Waals surface area (Å²) in [5.74, 6) is 0.750. The predicted molar refractivity (Wildman–Crippen MR) is 73.0 cm³/mol. The lowest BCUT2D eigenvalue weighted by atomic mass is 10.2. The molecule has 2 rings (SSSR count). The third-order valence-corrected chi connectivity index (χ3v) is 3.45. The Balaban J connectivity index is 2.29. The number of rotatable bonds is 4. The van der Waals surface area contributed by atoms with Crippen LogP contribution in [-0.2, 0) is 4.74 Å². The monoisotopic (exact) mass is 248 g/mol. The molecule has 1 aliphatic heterocycles. The minimum Gasteiger partial charge on any atom is -0.355 e. The Labute approximate surface area is 108 Å². The maximum absolute atomic E-state index is 5.96. The largest absolute Gasteiger partial charge is 0.355 e. The first-order valence-corrected chi connectivity index (χ1v) is 6.34. The molecule has 18 heavy (non-hydrogen) atoms. The molecule has 2 unspecified atom stereocenters. The molecule has 5 nitrogen and oxygen atoms in total. The van der Waals surface area contributed by atoms with Crippen molar-refractivity contribution in [2.75, 3.05) is 7.05 Å². The molecule has 0 aromatic carbocycles. The molecule has 5 heteroatoms. The van der Waals surface area contributed by atoms with E-state index in [2.05, 4.69) is 28.6 Å². The zero-order chi connectivity index (χ0) is 13.1. The first kappa shape index (κ1) is 13.0. The van der Waals surface area contributed by atoms with Gasteiger partial charge in [0.1, 0.15) is 11.9 Å². The predicted octanol–water partition coefficient (Wildman–Crippen LogP) is 2.74. The van der Waals surface area contributed by atoms with Crippen molar-refractivity contribution in [3.63, 3.8) is 0 Å². The Bertz CT molecular complexity index is 464. The summed E-state index contributed by atoms with van der Waals surface area (Å²) in [4.78, 5) is 12.6. The van der Waals surface area contributed by atoms with Crippen molar-refractivity contribution in [2.45, 2.75) is 45.4 Å². The van der Waals surface area contributed by atoms with Gasteiger partial charge in [-0.25, -0.2) is 9.98 Å². The van der Waals surface area contributed by atoms with Crippen LogP contribution in [0.5, 0.6) is 0 Å². The van der Waals surface area contributed by atoms with Crippen LogP contribution in [-0.4, -0.2) is 35.1 Å². The highest BCUT2D eigenvalue weighted by molar-refractivity contribution is 6.00. The fraction of sp³-hybridized carbons (Fsp3) is 0.615. The minimum absolute atomic E-state index is 0.0290. The summed E-state index contributed by atoms with van der Waals surface area (Å²) in [5, 5.41) is 0. The first-order chi connectivity index (χ1) is 8.71. The van der Waals surface area contributed by atoms with Crippen molar-refractivity contribution in [2.24, 2.45) is 9.98 Å². The molecule has 0 amide bonds. The van der Waals surface area contributed by atoms with Gasteiger partial charge in [-0.2, -0.15) is 0 Å².